The number of thiazole rings is 1. The monoisotopic (exact) mass is 421 g/mol. The number of aryl methyl sites for hydroxylation is 1. The van der Waals surface area contributed by atoms with Crippen molar-refractivity contribution < 1.29 is 4.79 Å². The minimum absolute atomic E-state index is 0.165. The van der Waals surface area contributed by atoms with E-state index < -0.39 is 0 Å². The van der Waals surface area contributed by atoms with Crippen molar-refractivity contribution in [2.75, 3.05) is 13.1 Å². The standard InChI is InChI=1S/C23H23N3OS2/c1-15-16(2)28-23(26-11-5-6-12-26)20(15)22(27)25-13-9-17(10-14-25)21-24-18-7-3-4-8-19(18)29-21/h3-8,11-12,17H,9-10,13-14H2,1-2H3. The molecular weight excluding hydrogens is 398 g/mol. The number of amides is 1. The zero-order valence-corrected chi connectivity index (χ0v) is 18.2. The highest BCUT2D eigenvalue weighted by Crippen LogP contribution is 2.36. The van der Waals surface area contributed by atoms with Gasteiger partial charge in [0.25, 0.3) is 5.91 Å². The van der Waals surface area contributed by atoms with Gasteiger partial charge in [0, 0.05) is 36.3 Å². The third kappa shape index (κ3) is 3.30. The molecule has 4 aromatic rings. The molecule has 1 saturated heterocycles. The number of piperidine rings is 1. The van der Waals surface area contributed by atoms with Crippen molar-refractivity contribution in [3.63, 3.8) is 0 Å². The fourth-order valence-electron chi connectivity index (χ4n) is 4.06. The highest BCUT2D eigenvalue weighted by molar-refractivity contribution is 7.18. The minimum atomic E-state index is 0.165. The molecule has 3 aromatic heterocycles. The molecule has 1 aliphatic heterocycles. The van der Waals surface area contributed by atoms with Crippen LogP contribution in [0.2, 0.25) is 0 Å². The molecule has 0 saturated carbocycles. The molecule has 0 aliphatic carbocycles. The van der Waals surface area contributed by atoms with Gasteiger partial charge in [-0.15, -0.1) is 22.7 Å². The van der Waals surface area contributed by atoms with E-state index in [0.717, 1.165) is 47.6 Å². The number of fused-ring (bicyclic) bond motifs is 1. The van der Waals surface area contributed by atoms with E-state index in [2.05, 4.69) is 36.6 Å². The second-order valence-corrected chi connectivity index (χ2v) is 9.91. The molecule has 0 spiro atoms. The van der Waals surface area contributed by atoms with Gasteiger partial charge in [-0.2, -0.15) is 0 Å². The molecule has 1 aliphatic rings. The van der Waals surface area contributed by atoms with Crippen LogP contribution in [0.15, 0.2) is 48.8 Å². The zero-order chi connectivity index (χ0) is 20.0. The summed E-state index contributed by atoms with van der Waals surface area (Å²) in [6.45, 7) is 5.75. The van der Waals surface area contributed by atoms with E-state index in [1.165, 1.54) is 14.6 Å². The van der Waals surface area contributed by atoms with Crippen molar-refractivity contribution in [3.8, 4) is 5.00 Å². The minimum Gasteiger partial charge on any atom is -0.339 e. The number of carbonyl (C=O) groups excluding carboxylic acids is 1. The predicted octanol–water partition coefficient (Wildman–Crippen LogP) is 5.79. The lowest BCUT2D eigenvalue weighted by Crippen LogP contribution is -2.38. The van der Waals surface area contributed by atoms with Gasteiger partial charge in [-0.05, 0) is 56.5 Å². The van der Waals surface area contributed by atoms with Crippen molar-refractivity contribution in [1.29, 1.82) is 0 Å². The van der Waals surface area contributed by atoms with Gasteiger partial charge in [0.05, 0.1) is 20.8 Å². The van der Waals surface area contributed by atoms with Gasteiger partial charge in [-0.3, -0.25) is 4.79 Å². The second-order valence-electron chi connectivity index (χ2n) is 7.64. The van der Waals surface area contributed by atoms with Crippen LogP contribution in [0.4, 0.5) is 0 Å². The van der Waals surface area contributed by atoms with Gasteiger partial charge < -0.3 is 9.47 Å². The van der Waals surface area contributed by atoms with Gasteiger partial charge in [-0.25, -0.2) is 4.98 Å². The summed E-state index contributed by atoms with van der Waals surface area (Å²) >= 11 is 3.50. The molecule has 5 rings (SSSR count). The van der Waals surface area contributed by atoms with Crippen LogP contribution in [0.25, 0.3) is 15.2 Å². The van der Waals surface area contributed by atoms with E-state index in [0.29, 0.717) is 5.92 Å². The Balaban J connectivity index is 1.35. The van der Waals surface area contributed by atoms with E-state index in [1.54, 1.807) is 22.7 Å². The molecule has 1 amide bonds. The van der Waals surface area contributed by atoms with Crippen LogP contribution in [0.3, 0.4) is 0 Å². The number of rotatable bonds is 3. The summed E-state index contributed by atoms with van der Waals surface area (Å²) in [5.74, 6) is 0.615. The molecule has 1 aromatic carbocycles. The van der Waals surface area contributed by atoms with Crippen LogP contribution in [0, 0.1) is 13.8 Å². The summed E-state index contributed by atoms with van der Waals surface area (Å²) in [4.78, 5) is 21.5. The average Bonchev–Trinajstić information content (AvgIpc) is 3.47. The van der Waals surface area contributed by atoms with Crippen LogP contribution < -0.4 is 0 Å². The SMILES string of the molecule is Cc1sc(-n2cccc2)c(C(=O)N2CCC(c3nc4ccccc4s3)CC2)c1C. The molecule has 1 fully saturated rings. The summed E-state index contributed by atoms with van der Waals surface area (Å²) < 4.78 is 3.31. The van der Waals surface area contributed by atoms with Gasteiger partial charge in [0.15, 0.2) is 0 Å². The van der Waals surface area contributed by atoms with Crippen molar-refractivity contribution in [1.82, 2.24) is 14.5 Å². The molecule has 0 unspecified atom stereocenters. The first-order chi connectivity index (χ1) is 14.1. The van der Waals surface area contributed by atoms with Crippen LogP contribution >= 0.6 is 22.7 Å². The molecule has 0 bridgehead atoms. The number of thiophene rings is 1. The Hall–Kier alpha value is -2.44. The lowest BCUT2D eigenvalue weighted by Gasteiger charge is -2.31. The summed E-state index contributed by atoms with van der Waals surface area (Å²) in [6.07, 6.45) is 5.99. The van der Waals surface area contributed by atoms with Crippen molar-refractivity contribution in [2.45, 2.75) is 32.6 Å². The van der Waals surface area contributed by atoms with E-state index >= 15 is 0 Å². The number of hydrogen-bond acceptors (Lipinski definition) is 4. The first-order valence-electron chi connectivity index (χ1n) is 10.00. The average molecular weight is 422 g/mol. The lowest BCUT2D eigenvalue weighted by molar-refractivity contribution is 0.0713. The summed E-state index contributed by atoms with van der Waals surface area (Å²) in [7, 11) is 0. The van der Waals surface area contributed by atoms with Crippen molar-refractivity contribution >= 4 is 38.8 Å². The number of aromatic nitrogens is 2. The summed E-state index contributed by atoms with van der Waals surface area (Å²) in [5, 5.41) is 2.25. The quantitative estimate of drug-likeness (QED) is 0.420. The van der Waals surface area contributed by atoms with Crippen molar-refractivity contribution in [3.05, 3.63) is 69.8 Å². The van der Waals surface area contributed by atoms with Crippen LogP contribution in [-0.4, -0.2) is 33.4 Å². The Morgan fingerprint density at radius 2 is 1.76 bits per heavy atom. The number of para-hydroxylation sites is 1. The first kappa shape index (κ1) is 18.6. The molecule has 6 heteroatoms. The fourth-order valence-corrected chi connectivity index (χ4v) is 6.32. The maximum atomic E-state index is 13.4. The normalized spacial score (nSPS) is 15.3. The molecule has 29 heavy (non-hydrogen) atoms. The van der Waals surface area contributed by atoms with E-state index in [9.17, 15) is 4.79 Å². The largest absolute Gasteiger partial charge is 0.339 e. The maximum absolute atomic E-state index is 13.4. The number of benzene rings is 1. The second kappa shape index (κ2) is 7.43. The number of likely N-dealkylation sites (tertiary alicyclic amines) is 1. The van der Waals surface area contributed by atoms with Gasteiger partial charge >= 0.3 is 0 Å². The van der Waals surface area contributed by atoms with Gasteiger partial charge in [0.2, 0.25) is 0 Å². The van der Waals surface area contributed by atoms with E-state index in [1.807, 2.05) is 35.5 Å². The highest BCUT2D eigenvalue weighted by atomic mass is 32.1. The van der Waals surface area contributed by atoms with E-state index in [4.69, 9.17) is 4.98 Å². The Morgan fingerprint density at radius 3 is 2.48 bits per heavy atom. The molecule has 4 heterocycles. The molecule has 148 valence electrons. The zero-order valence-electron chi connectivity index (χ0n) is 16.6. The van der Waals surface area contributed by atoms with Crippen molar-refractivity contribution in [2.24, 2.45) is 0 Å². The molecule has 0 atom stereocenters. The number of hydrogen-bond donors (Lipinski definition) is 0. The predicted molar refractivity (Wildman–Crippen MR) is 121 cm³/mol. The molecule has 4 nitrogen and oxygen atoms in total. The van der Waals surface area contributed by atoms with Gasteiger partial charge in [0.1, 0.15) is 5.00 Å². The van der Waals surface area contributed by atoms with E-state index in [-0.39, 0.29) is 5.91 Å². The fraction of sp³-hybridized carbons (Fsp3) is 0.304. The van der Waals surface area contributed by atoms with Crippen LogP contribution in [-0.2, 0) is 0 Å². The molecular formula is C23H23N3OS2. The Bertz CT molecular complexity index is 1130. The Morgan fingerprint density at radius 1 is 1.03 bits per heavy atom. The lowest BCUT2D eigenvalue weighted by atomic mass is 9.96. The maximum Gasteiger partial charge on any atom is 0.257 e. The Kier molecular flexibility index (Phi) is 4.76. The van der Waals surface area contributed by atoms with Gasteiger partial charge in [-0.1, -0.05) is 12.1 Å². The summed E-state index contributed by atoms with van der Waals surface area (Å²) in [5.41, 5.74) is 3.06. The number of nitrogens with zero attached hydrogens (tertiary/aromatic N) is 3. The number of carbonyl (C=O) groups is 1. The Labute approximate surface area is 178 Å². The molecule has 0 N–H and O–H groups in total. The molecule has 0 radical (unpaired) electrons. The third-order valence-corrected chi connectivity index (χ3v) is 8.28. The summed E-state index contributed by atoms with van der Waals surface area (Å²) in [6, 6.07) is 12.3. The highest BCUT2D eigenvalue weighted by Gasteiger charge is 2.30. The van der Waals surface area contributed by atoms with Crippen LogP contribution in [0.1, 0.15) is 44.6 Å². The smallest absolute Gasteiger partial charge is 0.257 e. The topological polar surface area (TPSA) is 38.1 Å². The van der Waals surface area contributed by atoms with Crippen LogP contribution in [0.5, 0.6) is 0 Å². The third-order valence-electron chi connectivity index (χ3n) is 5.86. The first-order valence-corrected chi connectivity index (χ1v) is 11.6.